The number of carbonyl (C=O) groups is 2. The molecule has 0 radical (unpaired) electrons. The molecule has 146 valence electrons. The van der Waals surface area contributed by atoms with E-state index in [1.54, 1.807) is 24.1 Å². The van der Waals surface area contributed by atoms with Gasteiger partial charge in [-0.3, -0.25) is 14.3 Å². The van der Waals surface area contributed by atoms with Crippen molar-refractivity contribution in [2.45, 2.75) is 33.6 Å². The highest BCUT2D eigenvalue weighted by Crippen LogP contribution is 2.14. The molecule has 0 atom stereocenters. The first-order valence-corrected chi connectivity index (χ1v) is 8.87. The Morgan fingerprint density at radius 3 is 2.59 bits per heavy atom. The molecule has 0 saturated carbocycles. The molecule has 8 nitrogen and oxygen atoms in total. The standard InChI is InChI=1S/C19H27N5O3/c1-13-17(14(2)24(5)22-13)7-6-10-23(4)19(26)12-27-18-9-8-16(11-20-18)21-15(3)25/h8-9,11H,6-7,10,12H2,1-5H3,(H,21,25). The second-order valence-electron chi connectivity index (χ2n) is 6.55. The van der Waals surface area contributed by atoms with Gasteiger partial charge in [0.05, 0.1) is 17.6 Å². The van der Waals surface area contributed by atoms with Gasteiger partial charge in [-0.1, -0.05) is 0 Å². The number of nitrogens with zero attached hydrogens (tertiary/aromatic N) is 4. The molecule has 1 N–H and O–H groups in total. The van der Waals surface area contributed by atoms with Gasteiger partial charge in [0.15, 0.2) is 6.61 Å². The van der Waals surface area contributed by atoms with Crippen LogP contribution in [0.5, 0.6) is 5.88 Å². The summed E-state index contributed by atoms with van der Waals surface area (Å²) in [5.41, 5.74) is 4.04. The number of rotatable bonds is 8. The van der Waals surface area contributed by atoms with Gasteiger partial charge in [-0.25, -0.2) is 4.98 Å². The Morgan fingerprint density at radius 1 is 1.30 bits per heavy atom. The van der Waals surface area contributed by atoms with Crippen molar-refractivity contribution < 1.29 is 14.3 Å². The number of aryl methyl sites for hydroxylation is 2. The van der Waals surface area contributed by atoms with Crippen molar-refractivity contribution in [1.29, 1.82) is 0 Å². The molecule has 0 aliphatic rings. The number of aromatic nitrogens is 3. The lowest BCUT2D eigenvalue weighted by Crippen LogP contribution is -2.32. The number of carbonyl (C=O) groups excluding carboxylic acids is 2. The number of nitrogens with one attached hydrogen (secondary N) is 1. The van der Waals surface area contributed by atoms with Gasteiger partial charge < -0.3 is 15.0 Å². The first kappa shape index (κ1) is 20.4. The molecule has 8 heteroatoms. The smallest absolute Gasteiger partial charge is 0.260 e. The second kappa shape index (κ2) is 9.16. The van der Waals surface area contributed by atoms with E-state index < -0.39 is 0 Å². The lowest BCUT2D eigenvalue weighted by molar-refractivity contribution is -0.132. The molecule has 2 rings (SSSR count). The highest BCUT2D eigenvalue weighted by atomic mass is 16.5. The third-order valence-electron chi connectivity index (χ3n) is 4.41. The number of ether oxygens (including phenoxy) is 1. The molecule has 2 aromatic heterocycles. The molecule has 2 amide bonds. The Labute approximate surface area is 159 Å². The molecule has 0 fully saturated rings. The maximum absolute atomic E-state index is 12.2. The number of hydrogen-bond donors (Lipinski definition) is 1. The van der Waals surface area contributed by atoms with Crippen molar-refractivity contribution in [3.8, 4) is 5.88 Å². The van der Waals surface area contributed by atoms with Gasteiger partial charge in [-0.05, 0) is 38.3 Å². The molecule has 2 aromatic rings. The Balaban J connectivity index is 1.76. The molecular weight excluding hydrogens is 346 g/mol. The number of likely N-dealkylation sites (N-methyl/N-ethyl adjacent to an activating group) is 1. The summed E-state index contributed by atoms with van der Waals surface area (Å²) in [6.07, 6.45) is 3.24. The van der Waals surface area contributed by atoms with E-state index in [0.717, 1.165) is 18.5 Å². The van der Waals surface area contributed by atoms with Crippen LogP contribution in [0, 0.1) is 13.8 Å². The predicted octanol–water partition coefficient (Wildman–Crippen LogP) is 1.86. The highest BCUT2D eigenvalue weighted by Gasteiger charge is 2.12. The van der Waals surface area contributed by atoms with Crippen LogP contribution in [0.15, 0.2) is 18.3 Å². The normalized spacial score (nSPS) is 10.6. The third-order valence-corrected chi connectivity index (χ3v) is 4.41. The molecule has 0 spiro atoms. The van der Waals surface area contributed by atoms with E-state index in [1.165, 1.54) is 24.4 Å². The Hall–Kier alpha value is -2.90. The Bertz CT molecular complexity index is 798. The van der Waals surface area contributed by atoms with Crippen molar-refractivity contribution in [2.75, 3.05) is 25.5 Å². The van der Waals surface area contributed by atoms with Gasteiger partial charge in [0.25, 0.3) is 5.91 Å². The zero-order valence-electron chi connectivity index (χ0n) is 16.6. The zero-order valence-corrected chi connectivity index (χ0v) is 16.6. The molecule has 0 bridgehead atoms. The van der Waals surface area contributed by atoms with Gasteiger partial charge in [-0.2, -0.15) is 5.10 Å². The van der Waals surface area contributed by atoms with Crippen LogP contribution in [0.1, 0.15) is 30.3 Å². The number of anilines is 1. The van der Waals surface area contributed by atoms with Crippen molar-refractivity contribution in [2.24, 2.45) is 7.05 Å². The molecular formula is C19H27N5O3. The van der Waals surface area contributed by atoms with E-state index in [9.17, 15) is 9.59 Å². The topological polar surface area (TPSA) is 89.4 Å². The Morgan fingerprint density at radius 2 is 2.04 bits per heavy atom. The lowest BCUT2D eigenvalue weighted by atomic mass is 10.1. The van der Waals surface area contributed by atoms with E-state index in [2.05, 4.69) is 22.3 Å². The summed E-state index contributed by atoms with van der Waals surface area (Å²) in [5.74, 6) is 0.0637. The maximum atomic E-state index is 12.2. The summed E-state index contributed by atoms with van der Waals surface area (Å²) >= 11 is 0. The van der Waals surface area contributed by atoms with Gasteiger partial charge in [-0.15, -0.1) is 0 Å². The van der Waals surface area contributed by atoms with Crippen LogP contribution in [0.25, 0.3) is 0 Å². The minimum atomic E-state index is -0.168. The first-order chi connectivity index (χ1) is 12.8. The minimum Gasteiger partial charge on any atom is -0.468 e. The summed E-state index contributed by atoms with van der Waals surface area (Å²) in [6.45, 7) is 6.06. The minimum absolute atomic E-state index is 0.0755. The number of hydrogen-bond acceptors (Lipinski definition) is 5. The van der Waals surface area contributed by atoms with Crippen LogP contribution in [0.4, 0.5) is 5.69 Å². The van der Waals surface area contributed by atoms with Gasteiger partial charge in [0.2, 0.25) is 11.8 Å². The van der Waals surface area contributed by atoms with Crippen LogP contribution >= 0.6 is 0 Å². The first-order valence-electron chi connectivity index (χ1n) is 8.87. The van der Waals surface area contributed by atoms with Crippen LogP contribution in [-0.2, 0) is 23.1 Å². The van der Waals surface area contributed by atoms with Gasteiger partial charge in [0, 0.05) is 39.3 Å². The summed E-state index contributed by atoms with van der Waals surface area (Å²) in [6, 6.07) is 3.29. The summed E-state index contributed by atoms with van der Waals surface area (Å²) in [4.78, 5) is 28.9. The van der Waals surface area contributed by atoms with Crippen LogP contribution in [0.3, 0.4) is 0 Å². The highest BCUT2D eigenvalue weighted by molar-refractivity contribution is 5.88. The van der Waals surface area contributed by atoms with Crippen molar-refractivity contribution in [3.05, 3.63) is 35.3 Å². The third kappa shape index (κ3) is 5.80. The summed E-state index contributed by atoms with van der Waals surface area (Å²) in [5, 5.41) is 7.04. The van der Waals surface area contributed by atoms with Crippen molar-refractivity contribution >= 4 is 17.5 Å². The van der Waals surface area contributed by atoms with Gasteiger partial charge in [0.1, 0.15) is 0 Å². The predicted molar refractivity (Wildman–Crippen MR) is 103 cm³/mol. The zero-order chi connectivity index (χ0) is 20.0. The fourth-order valence-electron chi connectivity index (χ4n) is 2.79. The molecule has 0 saturated heterocycles. The van der Waals surface area contributed by atoms with Crippen LogP contribution < -0.4 is 10.1 Å². The largest absolute Gasteiger partial charge is 0.468 e. The SMILES string of the molecule is CC(=O)Nc1ccc(OCC(=O)N(C)CCCc2c(C)nn(C)c2C)nc1. The molecule has 0 unspecified atom stereocenters. The number of amides is 2. The van der Waals surface area contributed by atoms with E-state index in [4.69, 9.17) is 4.74 Å². The van der Waals surface area contributed by atoms with Crippen LogP contribution in [-0.4, -0.2) is 51.7 Å². The molecule has 27 heavy (non-hydrogen) atoms. The van der Waals surface area contributed by atoms with E-state index in [-0.39, 0.29) is 18.4 Å². The lowest BCUT2D eigenvalue weighted by Gasteiger charge is -2.17. The summed E-state index contributed by atoms with van der Waals surface area (Å²) in [7, 11) is 3.71. The summed E-state index contributed by atoms with van der Waals surface area (Å²) < 4.78 is 7.31. The van der Waals surface area contributed by atoms with E-state index >= 15 is 0 Å². The fourth-order valence-corrected chi connectivity index (χ4v) is 2.79. The fraction of sp³-hybridized carbons (Fsp3) is 0.474. The van der Waals surface area contributed by atoms with Crippen molar-refractivity contribution in [1.82, 2.24) is 19.7 Å². The molecule has 2 heterocycles. The molecule has 0 aromatic carbocycles. The maximum Gasteiger partial charge on any atom is 0.260 e. The number of pyridine rings is 1. The second-order valence-corrected chi connectivity index (χ2v) is 6.55. The quantitative estimate of drug-likeness (QED) is 0.763. The van der Waals surface area contributed by atoms with Crippen molar-refractivity contribution in [3.63, 3.8) is 0 Å². The van der Waals surface area contributed by atoms with Crippen LogP contribution in [0.2, 0.25) is 0 Å². The monoisotopic (exact) mass is 373 g/mol. The average molecular weight is 373 g/mol. The van der Waals surface area contributed by atoms with Gasteiger partial charge >= 0.3 is 0 Å². The average Bonchev–Trinajstić information content (AvgIpc) is 2.86. The van der Waals surface area contributed by atoms with E-state index in [0.29, 0.717) is 18.1 Å². The van der Waals surface area contributed by atoms with E-state index in [1.807, 2.05) is 18.7 Å². The molecule has 0 aliphatic heterocycles. The Kier molecular flexibility index (Phi) is 6.92. The molecule has 0 aliphatic carbocycles.